The van der Waals surface area contributed by atoms with E-state index in [9.17, 15) is 9.18 Å². The van der Waals surface area contributed by atoms with Gasteiger partial charge in [-0.3, -0.25) is 4.79 Å². The van der Waals surface area contributed by atoms with Crippen LogP contribution in [-0.4, -0.2) is 13.0 Å². The van der Waals surface area contributed by atoms with Crippen LogP contribution < -0.4 is 10.6 Å². The standard InChI is InChI=1S/C17H19FN2O/c1-17(2,12-4-8-14(19)9-5-12)16(21)20(3)15-10-6-13(18)7-11-15/h4-11H,19H2,1-3H3. The molecule has 0 aliphatic carbocycles. The fraction of sp³-hybridized carbons (Fsp3) is 0.235. The van der Waals surface area contributed by atoms with Crippen molar-refractivity contribution in [3.63, 3.8) is 0 Å². The monoisotopic (exact) mass is 286 g/mol. The lowest BCUT2D eigenvalue weighted by atomic mass is 9.83. The minimum Gasteiger partial charge on any atom is -0.399 e. The van der Waals surface area contributed by atoms with Crippen LogP contribution in [0.15, 0.2) is 48.5 Å². The molecule has 2 N–H and O–H groups in total. The minimum atomic E-state index is -0.698. The van der Waals surface area contributed by atoms with Gasteiger partial charge in [0.05, 0.1) is 5.41 Å². The Labute approximate surface area is 124 Å². The highest BCUT2D eigenvalue weighted by Crippen LogP contribution is 2.28. The second-order valence-electron chi connectivity index (χ2n) is 5.59. The van der Waals surface area contributed by atoms with E-state index in [1.165, 1.54) is 17.0 Å². The number of nitrogens with two attached hydrogens (primary N) is 1. The molecular weight excluding hydrogens is 267 g/mol. The molecule has 2 aromatic rings. The number of nitrogen functional groups attached to an aromatic ring is 1. The Balaban J connectivity index is 2.28. The molecule has 0 atom stereocenters. The summed E-state index contributed by atoms with van der Waals surface area (Å²) >= 11 is 0. The van der Waals surface area contributed by atoms with Crippen molar-refractivity contribution >= 4 is 17.3 Å². The third kappa shape index (κ3) is 3.05. The lowest BCUT2D eigenvalue weighted by Crippen LogP contribution is -2.41. The van der Waals surface area contributed by atoms with Gasteiger partial charge in [0.15, 0.2) is 0 Å². The Hall–Kier alpha value is -2.36. The lowest BCUT2D eigenvalue weighted by Gasteiger charge is -2.30. The number of likely N-dealkylation sites (N-methyl/N-ethyl adjacent to an activating group) is 1. The molecule has 1 amide bonds. The van der Waals surface area contributed by atoms with Crippen LogP contribution in [0.5, 0.6) is 0 Å². The maximum absolute atomic E-state index is 13.0. The third-order valence-corrected chi connectivity index (χ3v) is 3.69. The van der Waals surface area contributed by atoms with Crippen molar-refractivity contribution in [2.45, 2.75) is 19.3 Å². The Kier molecular flexibility index (Phi) is 3.98. The molecule has 2 rings (SSSR count). The molecule has 0 radical (unpaired) electrons. The number of nitrogens with zero attached hydrogens (tertiary/aromatic N) is 1. The first-order valence-electron chi connectivity index (χ1n) is 6.72. The van der Waals surface area contributed by atoms with E-state index in [-0.39, 0.29) is 11.7 Å². The largest absolute Gasteiger partial charge is 0.399 e. The Morgan fingerprint density at radius 1 is 1.05 bits per heavy atom. The molecule has 0 fully saturated rings. The third-order valence-electron chi connectivity index (χ3n) is 3.69. The number of hydrogen-bond acceptors (Lipinski definition) is 2. The summed E-state index contributed by atoms with van der Waals surface area (Å²) < 4.78 is 13.0. The van der Waals surface area contributed by atoms with Gasteiger partial charge in [-0.15, -0.1) is 0 Å². The quantitative estimate of drug-likeness (QED) is 0.880. The Bertz CT molecular complexity index is 633. The van der Waals surface area contributed by atoms with Crippen LogP contribution in [0.3, 0.4) is 0 Å². The van der Waals surface area contributed by atoms with Crippen LogP contribution >= 0.6 is 0 Å². The van der Waals surface area contributed by atoms with Crippen LogP contribution in [0, 0.1) is 5.82 Å². The van der Waals surface area contributed by atoms with Gasteiger partial charge in [-0.2, -0.15) is 0 Å². The van der Waals surface area contributed by atoms with Crippen LogP contribution in [0.2, 0.25) is 0 Å². The van der Waals surface area contributed by atoms with Gasteiger partial charge in [0, 0.05) is 18.4 Å². The second kappa shape index (κ2) is 5.56. The van der Waals surface area contributed by atoms with E-state index in [2.05, 4.69) is 0 Å². The molecule has 0 saturated carbocycles. The highest BCUT2D eigenvalue weighted by Gasteiger charge is 2.32. The summed E-state index contributed by atoms with van der Waals surface area (Å²) in [6, 6.07) is 13.1. The summed E-state index contributed by atoms with van der Waals surface area (Å²) in [7, 11) is 1.69. The van der Waals surface area contributed by atoms with E-state index in [0.717, 1.165) is 5.56 Å². The number of carbonyl (C=O) groups excluding carboxylic acids is 1. The lowest BCUT2D eigenvalue weighted by molar-refractivity contribution is -0.122. The molecule has 0 unspecified atom stereocenters. The van der Waals surface area contributed by atoms with E-state index in [1.807, 2.05) is 26.0 Å². The molecule has 0 heterocycles. The molecule has 21 heavy (non-hydrogen) atoms. The van der Waals surface area contributed by atoms with E-state index in [1.54, 1.807) is 31.3 Å². The molecule has 0 aliphatic heterocycles. The number of benzene rings is 2. The van der Waals surface area contributed by atoms with E-state index < -0.39 is 5.41 Å². The number of halogens is 1. The zero-order valence-corrected chi connectivity index (χ0v) is 12.4. The average Bonchev–Trinajstić information content (AvgIpc) is 2.47. The van der Waals surface area contributed by atoms with E-state index in [4.69, 9.17) is 5.73 Å². The van der Waals surface area contributed by atoms with Gasteiger partial charge in [-0.05, 0) is 55.8 Å². The number of carbonyl (C=O) groups is 1. The normalized spacial score (nSPS) is 11.2. The van der Waals surface area contributed by atoms with Crippen LogP contribution in [0.1, 0.15) is 19.4 Å². The topological polar surface area (TPSA) is 46.3 Å². The smallest absolute Gasteiger partial charge is 0.236 e. The summed E-state index contributed by atoms with van der Waals surface area (Å²) in [5.41, 5.74) is 7.19. The SMILES string of the molecule is CN(C(=O)C(C)(C)c1ccc(N)cc1)c1ccc(F)cc1. The van der Waals surface area contributed by atoms with Gasteiger partial charge in [0.25, 0.3) is 0 Å². The molecular formula is C17H19FN2O. The number of rotatable bonds is 3. The summed E-state index contributed by atoms with van der Waals surface area (Å²) in [5.74, 6) is -0.392. The van der Waals surface area contributed by atoms with Crippen molar-refractivity contribution in [3.05, 3.63) is 59.9 Å². The van der Waals surface area contributed by atoms with E-state index >= 15 is 0 Å². The fourth-order valence-electron chi connectivity index (χ4n) is 2.22. The van der Waals surface area contributed by atoms with Crippen molar-refractivity contribution in [1.82, 2.24) is 0 Å². The molecule has 0 aliphatic rings. The summed E-state index contributed by atoms with van der Waals surface area (Å²) in [4.78, 5) is 14.3. The van der Waals surface area contributed by atoms with Crippen molar-refractivity contribution in [1.29, 1.82) is 0 Å². The van der Waals surface area contributed by atoms with Gasteiger partial charge in [0.1, 0.15) is 5.82 Å². The van der Waals surface area contributed by atoms with Crippen LogP contribution in [0.4, 0.5) is 15.8 Å². The number of hydrogen-bond donors (Lipinski definition) is 1. The van der Waals surface area contributed by atoms with Crippen LogP contribution in [0.25, 0.3) is 0 Å². The number of amides is 1. The van der Waals surface area contributed by atoms with Crippen molar-refractivity contribution in [2.24, 2.45) is 0 Å². The van der Waals surface area contributed by atoms with Crippen molar-refractivity contribution in [3.8, 4) is 0 Å². The van der Waals surface area contributed by atoms with Gasteiger partial charge in [-0.1, -0.05) is 12.1 Å². The van der Waals surface area contributed by atoms with E-state index in [0.29, 0.717) is 11.4 Å². The molecule has 0 saturated heterocycles. The Morgan fingerprint density at radius 3 is 2.10 bits per heavy atom. The predicted octanol–water partition coefficient (Wildman–Crippen LogP) is 3.35. The van der Waals surface area contributed by atoms with Crippen molar-refractivity contribution < 1.29 is 9.18 Å². The highest BCUT2D eigenvalue weighted by molar-refractivity contribution is 6.00. The summed E-state index contributed by atoms with van der Waals surface area (Å²) in [5, 5.41) is 0. The molecule has 2 aromatic carbocycles. The van der Waals surface area contributed by atoms with Crippen LogP contribution in [-0.2, 0) is 10.2 Å². The minimum absolute atomic E-state index is 0.0705. The Morgan fingerprint density at radius 2 is 1.57 bits per heavy atom. The number of anilines is 2. The fourth-order valence-corrected chi connectivity index (χ4v) is 2.22. The maximum atomic E-state index is 13.0. The van der Waals surface area contributed by atoms with Crippen molar-refractivity contribution in [2.75, 3.05) is 17.7 Å². The van der Waals surface area contributed by atoms with Gasteiger partial charge < -0.3 is 10.6 Å². The second-order valence-corrected chi connectivity index (χ2v) is 5.59. The van der Waals surface area contributed by atoms with Gasteiger partial charge in [0.2, 0.25) is 5.91 Å². The molecule has 0 spiro atoms. The molecule has 0 bridgehead atoms. The van der Waals surface area contributed by atoms with Gasteiger partial charge >= 0.3 is 0 Å². The molecule has 0 aromatic heterocycles. The predicted molar refractivity (Wildman–Crippen MR) is 83.7 cm³/mol. The molecule has 4 heteroatoms. The molecule has 3 nitrogen and oxygen atoms in total. The first kappa shape index (κ1) is 15.0. The maximum Gasteiger partial charge on any atom is 0.236 e. The first-order valence-corrected chi connectivity index (χ1v) is 6.72. The first-order chi connectivity index (χ1) is 9.82. The molecule has 110 valence electrons. The zero-order valence-electron chi connectivity index (χ0n) is 12.4. The highest BCUT2D eigenvalue weighted by atomic mass is 19.1. The summed E-state index contributed by atoms with van der Waals surface area (Å²) in [6.07, 6.45) is 0. The van der Waals surface area contributed by atoms with Gasteiger partial charge in [-0.25, -0.2) is 4.39 Å². The summed E-state index contributed by atoms with van der Waals surface area (Å²) in [6.45, 7) is 3.72. The average molecular weight is 286 g/mol. The zero-order chi connectivity index (χ0) is 15.6.